The summed E-state index contributed by atoms with van der Waals surface area (Å²) >= 11 is 1.61. The number of esters is 1. The Morgan fingerprint density at radius 2 is 1.81 bits per heavy atom. The van der Waals surface area contributed by atoms with Crippen molar-refractivity contribution in [3.8, 4) is 0 Å². The van der Waals surface area contributed by atoms with Crippen LogP contribution in [0.5, 0.6) is 0 Å². The number of thioether (sulfide) groups is 1. The van der Waals surface area contributed by atoms with Crippen molar-refractivity contribution >= 4 is 29.3 Å². The first-order valence-corrected chi connectivity index (χ1v) is 10.1. The van der Waals surface area contributed by atoms with E-state index in [9.17, 15) is 9.59 Å². The summed E-state index contributed by atoms with van der Waals surface area (Å²) in [6, 6.07) is 13.9. The Bertz CT molecular complexity index is 802. The molecule has 0 aliphatic rings. The van der Waals surface area contributed by atoms with E-state index in [1.54, 1.807) is 11.8 Å². The summed E-state index contributed by atoms with van der Waals surface area (Å²) in [5, 5.41) is 2.82. The van der Waals surface area contributed by atoms with Crippen molar-refractivity contribution < 1.29 is 14.3 Å². The van der Waals surface area contributed by atoms with Crippen molar-refractivity contribution in [2.24, 2.45) is 0 Å². The van der Waals surface area contributed by atoms with Crippen molar-refractivity contribution in [1.82, 2.24) is 0 Å². The highest BCUT2D eigenvalue weighted by molar-refractivity contribution is 7.99. The summed E-state index contributed by atoms with van der Waals surface area (Å²) in [4.78, 5) is 25.1. The third-order valence-corrected chi connectivity index (χ3v) is 5.27. The van der Waals surface area contributed by atoms with Crippen LogP contribution < -0.4 is 5.32 Å². The van der Waals surface area contributed by atoms with Crippen LogP contribution in [0.25, 0.3) is 0 Å². The highest BCUT2D eigenvalue weighted by Crippen LogP contribution is 2.24. The molecule has 2 aromatic carbocycles. The van der Waals surface area contributed by atoms with Gasteiger partial charge in [0.2, 0.25) is 0 Å². The number of anilines is 1. The summed E-state index contributed by atoms with van der Waals surface area (Å²) in [6.07, 6.45) is 0.271. The fourth-order valence-electron chi connectivity index (χ4n) is 2.57. The lowest BCUT2D eigenvalue weighted by Crippen LogP contribution is -2.21. The quantitative estimate of drug-likeness (QED) is 0.508. The first-order valence-electron chi connectivity index (χ1n) is 9.11. The molecule has 1 amide bonds. The number of carbonyl (C=O) groups excluding carboxylic acids is 2. The lowest BCUT2D eigenvalue weighted by molar-refractivity contribution is -0.146. The Kier molecular flexibility index (Phi) is 7.92. The number of hydrogen-bond donors (Lipinski definition) is 1. The first kappa shape index (κ1) is 21.0. The molecule has 0 fully saturated rings. The van der Waals surface area contributed by atoms with Crippen LogP contribution in [0, 0.1) is 13.8 Å². The summed E-state index contributed by atoms with van der Waals surface area (Å²) in [7, 11) is 0. The largest absolute Gasteiger partial charge is 0.456 e. The smallest absolute Gasteiger partial charge is 0.307 e. The summed E-state index contributed by atoms with van der Waals surface area (Å²) in [5.41, 5.74) is 4.31. The number of hydrogen-bond acceptors (Lipinski definition) is 4. The Labute approximate surface area is 165 Å². The zero-order chi connectivity index (χ0) is 19.8. The second kappa shape index (κ2) is 10.2. The van der Waals surface area contributed by atoms with E-state index in [0.29, 0.717) is 11.7 Å². The normalized spacial score (nSPS) is 10.7. The molecule has 0 aliphatic heterocycles. The van der Waals surface area contributed by atoms with Gasteiger partial charge < -0.3 is 10.1 Å². The van der Waals surface area contributed by atoms with E-state index in [0.717, 1.165) is 16.1 Å². The molecule has 0 unspecified atom stereocenters. The molecule has 4 nitrogen and oxygen atoms in total. The van der Waals surface area contributed by atoms with Crippen molar-refractivity contribution in [3.63, 3.8) is 0 Å². The monoisotopic (exact) mass is 385 g/mol. The zero-order valence-corrected chi connectivity index (χ0v) is 17.2. The van der Waals surface area contributed by atoms with Gasteiger partial charge in [-0.1, -0.05) is 38.1 Å². The molecule has 0 bridgehead atoms. The number of ether oxygens (including phenoxy) is 1. The zero-order valence-electron chi connectivity index (χ0n) is 16.4. The molecule has 5 heteroatoms. The molecule has 0 spiro atoms. The molecule has 0 saturated carbocycles. The van der Waals surface area contributed by atoms with Crippen LogP contribution in [0.2, 0.25) is 0 Å². The molecular weight excluding hydrogens is 358 g/mol. The maximum Gasteiger partial charge on any atom is 0.307 e. The number of para-hydroxylation sites is 1. The molecule has 1 N–H and O–H groups in total. The lowest BCUT2D eigenvalue weighted by Gasteiger charge is -2.13. The average molecular weight is 386 g/mol. The highest BCUT2D eigenvalue weighted by Gasteiger charge is 2.11. The molecule has 0 saturated heterocycles. The molecule has 27 heavy (non-hydrogen) atoms. The third kappa shape index (κ3) is 6.75. The van der Waals surface area contributed by atoms with Crippen LogP contribution in [0.1, 0.15) is 42.9 Å². The van der Waals surface area contributed by atoms with Gasteiger partial charge in [-0.15, -0.1) is 11.8 Å². The van der Waals surface area contributed by atoms with E-state index < -0.39 is 0 Å². The van der Waals surface area contributed by atoms with Gasteiger partial charge >= 0.3 is 5.97 Å². The van der Waals surface area contributed by atoms with Gasteiger partial charge in [0, 0.05) is 16.3 Å². The Morgan fingerprint density at radius 3 is 2.52 bits per heavy atom. The van der Waals surface area contributed by atoms with Gasteiger partial charge in [-0.3, -0.25) is 9.59 Å². The van der Waals surface area contributed by atoms with E-state index in [-0.39, 0.29) is 24.9 Å². The minimum Gasteiger partial charge on any atom is -0.456 e. The molecule has 0 aliphatic carbocycles. The predicted molar refractivity (Wildman–Crippen MR) is 111 cm³/mol. The van der Waals surface area contributed by atoms with Crippen LogP contribution in [0.4, 0.5) is 5.69 Å². The second-order valence-corrected chi connectivity index (χ2v) is 7.96. The number of nitrogens with one attached hydrogen (secondary N) is 1. The van der Waals surface area contributed by atoms with Gasteiger partial charge in [-0.2, -0.15) is 0 Å². The van der Waals surface area contributed by atoms with Gasteiger partial charge in [0.1, 0.15) is 0 Å². The summed E-state index contributed by atoms with van der Waals surface area (Å²) in [5.74, 6) is 0.238. The van der Waals surface area contributed by atoms with Crippen molar-refractivity contribution in [2.75, 3.05) is 17.7 Å². The Balaban J connectivity index is 1.73. The van der Waals surface area contributed by atoms with Gasteiger partial charge in [0.15, 0.2) is 6.61 Å². The van der Waals surface area contributed by atoms with Gasteiger partial charge in [-0.05, 0) is 54.7 Å². The van der Waals surface area contributed by atoms with Crippen LogP contribution in [-0.2, 0) is 14.3 Å². The van der Waals surface area contributed by atoms with Gasteiger partial charge in [-0.25, -0.2) is 0 Å². The van der Waals surface area contributed by atoms with Gasteiger partial charge in [0.05, 0.1) is 6.42 Å². The van der Waals surface area contributed by atoms with Crippen molar-refractivity contribution in [1.29, 1.82) is 0 Å². The number of benzene rings is 2. The fourth-order valence-corrected chi connectivity index (χ4v) is 3.50. The number of amides is 1. The molecule has 0 aromatic heterocycles. The minimum atomic E-state index is -0.362. The van der Waals surface area contributed by atoms with E-state index in [1.165, 1.54) is 11.1 Å². The lowest BCUT2D eigenvalue weighted by atomic mass is 10.0. The fraction of sp³-hybridized carbons (Fsp3) is 0.364. The third-order valence-electron chi connectivity index (χ3n) is 4.27. The number of carbonyl (C=O) groups is 2. The topological polar surface area (TPSA) is 55.4 Å². The Hall–Kier alpha value is -2.27. The van der Waals surface area contributed by atoms with E-state index >= 15 is 0 Å². The van der Waals surface area contributed by atoms with Crippen molar-refractivity contribution in [2.45, 2.75) is 44.9 Å². The second-order valence-electron chi connectivity index (χ2n) is 6.80. The standard InChI is InChI=1S/C22H27NO3S/c1-15(2)19-7-5-6-8-20(19)23-21(24)14-26-22(25)11-12-27-18-10-9-16(3)17(4)13-18/h5-10,13,15H,11-12,14H2,1-4H3,(H,23,24). The van der Waals surface area contributed by atoms with Crippen LogP contribution >= 0.6 is 11.8 Å². The van der Waals surface area contributed by atoms with E-state index in [4.69, 9.17) is 4.74 Å². The summed E-state index contributed by atoms with van der Waals surface area (Å²) in [6.45, 7) is 8.02. The maximum absolute atomic E-state index is 12.1. The molecule has 144 valence electrons. The molecule has 0 radical (unpaired) electrons. The SMILES string of the molecule is Cc1ccc(SCCC(=O)OCC(=O)Nc2ccccc2C(C)C)cc1C. The van der Waals surface area contributed by atoms with Crippen LogP contribution in [-0.4, -0.2) is 24.2 Å². The van der Waals surface area contributed by atoms with Crippen LogP contribution in [0.3, 0.4) is 0 Å². The minimum absolute atomic E-state index is 0.264. The predicted octanol–water partition coefficient (Wildman–Crippen LogP) is 5.09. The maximum atomic E-state index is 12.1. The Morgan fingerprint density at radius 1 is 1.07 bits per heavy atom. The number of aryl methyl sites for hydroxylation is 2. The molecule has 0 heterocycles. The van der Waals surface area contributed by atoms with E-state index in [2.05, 4.69) is 51.2 Å². The van der Waals surface area contributed by atoms with E-state index in [1.807, 2.05) is 24.3 Å². The van der Waals surface area contributed by atoms with Crippen LogP contribution in [0.15, 0.2) is 47.4 Å². The highest BCUT2D eigenvalue weighted by atomic mass is 32.2. The summed E-state index contributed by atoms with van der Waals surface area (Å²) < 4.78 is 5.09. The first-order chi connectivity index (χ1) is 12.9. The number of rotatable bonds is 8. The van der Waals surface area contributed by atoms with Gasteiger partial charge in [0.25, 0.3) is 5.91 Å². The molecule has 0 atom stereocenters. The average Bonchev–Trinajstić information content (AvgIpc) is 2.63. The molecule has 2 rings (SSSR count). The molecular formula is C22H27NO3S. The molecule has 2 aromatic rings. The van der Waals surface area contributed by atoms with Crippen molar-refractivity contribution in [3.05, 3.63) is 59.2 Å².